The van der Waals surface area contributed by atoms with Gasteiger partial charge in [-0.3, -0.25) is 4.79 Å². The third-order valence-corrected chi connectivity index (χ3v) is 1.27. The van der Waals surface area contributed by atoms with E-state index in [-0.39, 0.29) is 11.4 Å². The van der Waals surface area contributed by atoms with Crippen LogP contribution < -0.4 is 5.32 Å². The lowest BCUT2D eigenvalue weighted by Crippen LogP contribution is -2.41. The summed E-state index contributed by atoms with van der Waals surface area (Å²) in [4.78, 5) is 10.7. The molecule has 0 aliphatic rings. The fourth-order valence-electron chi connectivity index (χ4n) is 0.587. The van der Waals surface area contributed by atoms with E-state index in [1.54, 1.807) is 0 Å². The van der Waals surface area contributed by atoms with E-state index in [9.17, 15) is 4.79 Å². The fourth-order valence-corrected chi connectivity index (χ4v) is 0.587. The number of nitrogens with one attached hydrogen (secondary N) is 1. The number of carbonyl (C=O) groups is 1. The molecule has 0 unspecified atom stereocenters. The van der Waals surface area contributed by atoms with Crippen molar-refractivity contribution in [2.45, 2.75) is 0 Å². The average molecular weight is 174 g/mol. The molecule has 0 fully saturated rings. The van der Waals surface area contributed by atoms with E-state index in [0.29, 0.717) is 6.54 Å². The third-order valence-electron chi connectivity index (χ3n) is 1.27. The first kappa shape index (κ1) is 13.7. The summed E-state index contributed by atoms with van der Waals surface area (Å²) in [6.45, 7) is 4.99. The van der Waals surface area contributed by atoms with Crippen molar-refractivity contribution in [3.8, 4) is 0 Å². The van der Waals surface area contributed by atoms with Gasteiger partial charge in [-0.15, -0.1) is 0 Å². The van der Waals surface area contributed by atoms with Crippen molar-refractivity contribution in [2.75, 3.05) is 34.2 Å². The molecule has 0 aromatic carbocycles. The average Bonchev–Trinajstić information content (AvgIpc) is 1.85. The van der Waals surface area contributed by atoms with Gasteiger partial charge in [0, 0.05) is 0 Å². The Labute approximate surface area is 73.8 Å². The molecule has 4 nitrogen and oxygen atoms in total. The van der Waals surface area contributed by atoms with Gasteiger partial charge in [0.25, 0.3) is 0 Å². The highest BCUT2D eigenvalue weighted by atomic mass is 16.1. The number of carbonyl (C=O) groups excluding carboxylic acids is 1. The van der Waals surface area contributed by atoms with Crippen LogP contribution in [0.25, 0.3) is 0 Å². The Morgan fingerprint density at radius 1 is 1.50 bits per heavy atom. The first-order valence-corrected chi connectivity index (χ1v) is 3.66. The Balaban J connectivity index is 0. The van der Waals surface area contributed by atoms with Crippen LogP contribution in [0.5, 0.6) is 0 Å². The summed E-state index contributed by atoms with van der Waals surface area (Å²) in [7, 11) is 6.25. The molecule has 12 heavy (non-hydrogen) atoms. The van der Waals surface area contributed by atoms with Crippen molar-refractivity contribution in [1.29, 1.82) is 0 Å². The molecule has 0 bridgehead atoms. The number of amides is 1. The summed E-state index contributed by atoms with van der Waals surface area (Å²) in [6.07, 6.45) is 1.29. The van der Waals surface area contributed by atoms with Crippen LogP contribution in [0.2, 0.25) is 0 Å². The van der Waals surface area contributed by atoms with E-state index in [1.165, 1.54) is 6.08 Å². The molecule has 72 valence electrons. The molecular formula is C8H18N2O2. The van der Waals surface area contributed by atoms with Crippen molar-refractivity contribution in [2.24, 2.45) is 0 Å². The van der Waals surface area contributed by atoms with Crippen molar-refractivity contribution in [1.82, 2.24) is 5.32 Å². The molecule has 0 spiro atoms. The summed E-state index contributed by atoms with van der Waals surface area (Å²) in [5, 5.41) is 2.72. The van der Waals surface area contributed by atoms with Gasteiger partial charge in [0.05, 0.1) is 34.2 Å². The first-order chi connectivity index (χ1) is 4.95. The molecule has 0 aliphatic heterocycles. The summed E-state index contributed by atoms with van der Waals surface area (Å²) in [5.41, 5.74) is 0. The zero-order valence-corrected chi connectivity index (χ0v) is 8.00. The maximum atomic E-state index is 10.7. The molecule has 0 radical (unpaired) electrons. The lowest BCUT2D eigenvalue weighted by Gasteiger charge is -2.23. The summed E-state index contributed by atoms with van der Waals surface area (Å²) in [5.74, 6) is -0.0987. The zero-order valence-electron chi connectivity index (χ0n) is 8.00. The zero-order chi connectivity index (χ0) is 8.91. The lowest BCUT2D eigenvalue weighted by atomic mass is 10.5. The molecule has 1 amide bonds. The van der Waals surface area contributed by atoms with Crippen LogP contribution in [0.3, 0.4) is 0 Å². The SMILES string of the molecule is C=CC(=O)NCC[N+](C)(C)C.[OH-]. The van der Waals surface area contributed by atoms with Gasteiger partial charge in [-0.2, -0.15) is 0 Å². The van der Waals surface area contributed by atoms with Crippen LogP contribution in [-0.4, -0.2) is 50.1 Å². The van der Waals surface area contributed by atoms with Crippen LogP contribution in [0.1, 0.15) is 0 Å². The van der Waals surface area contributed by atoms with E-state index in [1.807, 2.05) is 0 Å². The predicted molar refractivity (Wildman–Crippen MR) is 48.0 cm³/mol. The van der Waals surface area contributed by atoms with Crippen molar-refractivity contribution >= 4 is 5.91 Å². The van der Waals surface area contributed by atoms with Gasteiger partial charge in [-0.05, 0) is 6.08 Å². The summed E-state index contributed by atoms with van der Waals surface area (Å²) in [6, 6.07) is 0. The van der Waals surface area contributed by atoms with E-state index < -0.39 is 0 Å². The summed E-state index contributed by atoms with van der Waals surface area (Å²) >= 11 is 0. The molecule has 0 saturated carbocycles. The molecule has 0 heterocycles. The van der Waals surface area contributed by atoms with Crippen LogP contribution in [0.4, 0.5) is 0 Å². The Hall–Kier alpha value is -0.870. The van der Waals surface area contributed by atoms with E-state index >= 15 is 0 Å². The van der Waals surface area contributed by atoms with Gasteiger partial charge in [0.15, 0.2) is 0 Å². The number of quaternary nitrogens is 1. The van der Waals surface area contributed by atoms with E-state index in [2.05, 4.69) is 33.0 Å². The molecule has 0 atom stereocenters. The van der Waals surface area contributed by atoms with Crippen molar-refractivity contribution in [3.05, 3.63) is 12.7 Å². The molecule has 0 saturated heterocycles. The number of hydrogen-bond acceptors (Lipinski definition) is 2. The smallest absolute Gasteiger partial charge is 0.243 e. The molecule has 0 aliphatic carbocycles. The highest BCUT2D eigenvalue weighted by Gasteiger charge is 2.05. The monoisotopic (exact) mass is 174 g/mol. The van der Waals surface area contributed by atoms with E-state index in [4.69, 9.17) is 0 Å². The molecule has 0 aromatic rings. The highest BCUT2D eigenvalue weighted by Crippen LogP contribution is 1.85. The largest absolute Gasteiger partial charge is 0.870 e. The maximum Gasteiger partial charge on any atom is 0.243 e. The van der Waals surface area contributed by atoms with Gasteiger partial charge in [-0.1, -0.05) is 6.58 Å². The van der Waals surface area contributed by atoms with Crippen molar-refractivity contribution in [3.63, 3.8) is 0 Å². The van der Waals surface area contributed by atoms with Gasteiger partial charge in [0.1, 0.15) is 0 Å². The minimum atomic E-state index is -0.0987. The fraction of sp³-hybridized carbons (Fsp3) is 0.625. The number of likely N-dealkylation sites (N-methyl/N-ethyl adjacent to an activating group) is 1. The van der Waals surface area contributed by atoms with Crippen molar-refractivity contribution < 1.29 is 14.8 Å². The van der Waals surface area contributed by atoms with Gasteiger partial charge in [-0.25, -0.2) is 0 Å². The standard InChI is InChI=1S/C8H16N2O.H2O/c1-5-8(11)9-6-7-10(2,3)4;/h5H,1,6-7H2,2-4H3;1H2. The second kappa shape index (κ2) is 5.74. The van der Waals surface area contributed by atoms with Crippen LogP contribution in [0, 0.1) is 0 Å². The van der Waals surface area contributed by atoms with E-state index in [0.717, 1.165) is 11.0 Å². The van der Waals surface area contributed by atoms with Gasteiger partial charge >= 0.3 is 0 Å². The molecule has 2 N–H and O–H groups in total. The summed E-state index contributed by atoms with van der Waals surface area (Å²) < 4.78 is 0.859. The minimum absolute atomic E-state index is 0. The number of nitrogens with zero attached hydrogens (tertiary/aromatic N) is 1. The quantitative estimate of drug-likeness (QED) is 0.474. The topological polar surface area (TPSA) is 59.1 Å². The number of hydrogen-bond donors (Lipinski definition) is 1. The molecular weight excluding hydrogens is 156 g/mol. The predicted octanol–water partition coefficient (Wildman–Crippen LogP) is -0.182. The number of rotatable bonds is 4. The Bertz CT molecular complexity index is 150. The molecule has 4 heteroatoms. The normalized spacial score (nSPS) is 9.92. The Kier molecular flexibility index (Phi) is 6.55. The van der Waals surface area contributed by atoms with Crippen LogP contribution in [-0.2, 0) is 4.79 Å². The Morgan fingerprint density at radius 3 is 2.33 bits per heavy atom. The molecule has 0 aromatic heterocycles. The maximum absolute atomic E-state index is 10.7. The molecule has 0 rings (SSSR count). The Morgan fingerprint density at radius 2 is 2.00 bits per heavy atom. The van der Waals surface area contributed by atoms with Gasteiger partial charge in [0.2, 0.25) is 5.91 Å². The first-order valence-electron chi connectivity index (χ1n) is 3.66. The third kappa shape index (κ3) is 9.13. The highest BCUT2D eigenvalue weighted by molar-refractivity contribution is 5.86. The van der Waals surface area contributed by atoms with Crippen LogP contribution in [0.15, 0.2) is 12.7 Å². The van der Waals surface area contributed by atoms with Crippen LogP contribution >= 0.6 is 0 Å². The lowest BCUT2D eigenvalue weighted by molar-refractivity contribution is -0.869. The van der Waals surface area contributed by atoms with Gasteiger partial charge < -0.3 is 15.3 Å². The minimum Gasteiger partial charge on any atom is -0.870 e. The second-order valence-corrected chi connectivity index (χ2v) is 3.51. The second-order valence-electron chi connectivity index (χ2n) is 3.51.